The van der Waals surface area contributed by atoms with E-state index >= 15 is 0 Å². The first-order chi connectivity index (χ1) is 13.3. The molecule has 5 aromatic rings. The van der Waals surface area contributed by atoms with E-state index in [0.29, 0.717) is 0 Å². The van der Waals surface area contributed by atoms with E-state index in [1.54, 1.807) is 0 Å². The van der Waals surface area contributed by atoms with E-state index in [9.17, 15) is 0 Å². The summed E-state index contributed by atoms with van der Waals surface area (Å²) < 4.78 is 0. The quantitative estimate of drug-likeness (QED) is 0.308. The number of rotatable bonds is 0. The molecule has 3 heterocycles. The van der Waals surface area contributed by atoms with Crippen LogP contribution in [0.5, 0.6) is 0 Å². The molecule has 0 saturated heterocycles. The molecule has 0 radical (unpaired) electrons. The van der Waals surface area contributed by atoms with Crippen LogP contribution in [0.4, 0.5) is 0 Å². The van der Waals surface area contributed by atoms with Gasteiger partial charge in [0.25, 0.3) is 0 Å². The van der Waals surface area contributed by atoms with Gasteiger partial charge in [0, 0.05) is 11.0 Å². The zero-order chi connectivity index (χ0) is 17.8. The fourth-order valence-electron chi connectivity index (χ4n) is 3.93. The predicted molar refractivity (Wildman–Crippen MR) is 115 cm³/mol. The van der Waals surface area contributed by atoms with Crippen LogP contribution in [-0.4, -0.2) is 9.97 Å². The molecule has 2 nitrogen and oxygen atoms in total. The van der Waals surface area contributed by atoms with Crippen molar-refractivity contribution < 1.29 is 0 Å². The van der Waals surface area contributed by atoms with Crippen LogP contribution in [-0.2, 0) is 0 Å². The molecule has 0 fully saturated rings. The third-order valence-electron chi connectivity index (χ3n) is 5.24. The Hall–Kier alpha value is -3.65. The number of aromatic amines is 1. The predicted octanol–water partition coefficient (Wildman–Crippen LogP) is 6.63. The lowest BCUT2D eigenvalue weighted by molar-refractivity contribution is 1.32. The third kappa shape index (κ3) is 2.46. The van der Waals surface area contributed by atoms with Gasteiger partial charge in [-0.05, 0) is 86.9 Å². The van der Waals surface area contributed by atoms with Crippen LogP contribution in [0.1, 0.15) is 11.4 Å². The van der Waals surface area contributed by atoms with Crippen LogP contribution in [0.15, 0.2) is 78.9 Å². The second-order valence-corrected chi connectivity index (χ2v) is 7.12. The summed E-state index contributed by atoms with van der Waals surface area (Å²) in [6, 6.07) is 28.3. The monoisotopic (exact) mass is 344 g/mol. The van der Waals surface area contributed by atoms with Gasteiger partial charge in [-0.25, -0.2) is 4.98 Å². The molecule has 1 N–H and O–H groups in total. The highest BCUT2D eigenvalue weighted by molar-refractivity contribution is 6.10. The van der Waals surface area contributed by atoms with Gasteiger partial charge >= 0.3 is 0 Å². The van der Waals surface area contributed by atoms with E-state index in [1.807, 2.05) is 0 Å². The van der Waals surface area contributed by atoms with E-state index in [-0.39, 0.29) is 0 Å². The van der Waals surface area contributed by atoms with Gasteiger partial charge in [-0.2, -0.15) is 0 Å². The number of hydrogen-bond donors (Lipinski definition) is 1. The molecule has 0 spiro atoms. The van der Waals surface area contributed by atoms with E-state index in [2.05, 4.69) is 96.0 Å². The SMILES string of the molecule is C1=Cc2cc3ccc(cc4ccc5ccc6ccc(cc1n2)cc6c5c4)[nH]3. The van der Waals surface area contributed by atoms with Crippen LogP contribution in [0.25, 0.3) is 55.5 Å². The van der Waals surface area contributed by atoms with Gasteiger partial charge in [0.1, 0.15) is 0 Å². The smallest absolute Gasteiger partial charge is 0.0658 e. The van der Waals surface area contributed by atoms with E-state index in [1.165, 1.54) is 32.3 Å². The Labute approximate surface area is 156 Å². The van der Waals surface area contributed by atoms with Crippen LogP contribution in [0.2, 0.25) is 0 Å². The zero-order valence-electron chi connectivity index (χ0n) is 14.6. The molecule has 2 aromatic heterocycles. The van der Waals surface area contributed by atoms with E-state index in [0.717, 1.165) is 22.4 Å². The molecule has 126 valence electrons. The van der Waals surface area contributed by atoms with Crippen molar-refractivity contribution in [1.29, 1.82) is 0 Å². The molecule has 0 aliphatic carbocycles. The minimum atomic E-state index is 0.966. The molecule has 1 aliphatic rings. The summed E-state index contributed by atoms with van der Waals surface area (Å²) in [5, 5.41) is 7.44. The minimum Gasteiger partial charge on any atom is -0.355 e. The van der Waals surface area contributed by atoms with Gasteiger partial charge in [-0.3, -0.25) is 0 Å². The Morgan fingerprint density at radius 1 is 0.519 bits per heavy atom. The summed E-state index contributed by atoms with van der Waals surface area (Å²) in [7, 11) is 0. The van der Waals surface area contributed by atoms with Gasteiger partial charge in [0.2, 0.25) is 0 Å². The largest absolute Gasteiger partial charge is 0.355 e. The first-order valence-electron chi connectivity index (χ1n) is 9.14. The van der Waals surface area contributed by atoms with Gasteiger partial charge in [-0.15, -0.1) is 0 Å². The Bertz CT molecular complexity index is 1470. The fourth-order valence-corrected chi connectivity index (χ4v) is 3.93. The number of nitrogens with one attached hydrogen (secondary N) is 1. The highest BCUT2D eigenvalue weighted by Gasteiger charge is 2.03. The van der Waals surface area contributed by atoms with Crippen molar-refractivity contribution in [3.63, 3.8) is 0 Å². The van der Waals surface area contributed by atoms with Gasteiger partial charge in [0.05, 0.1) is 11.4 Å². The van der Waals surface area contributed by atoms with Crippen molar-refractivity contribution in [1.82, 2.24) is 9.97 Å². The number of hydrogen-bond acceptors (Lipinski definition) is 1. The zero-order valence-corrected chi connectivity index (χ0v) is 14.6. The topological polar surface area (TPSA) is 28.7 Å². The maximum absolute atomic E-state index is 4.73. The molecule has 1 aliphatic heterocycles. The summed E-state index contributed by atoms with van der Waals surface area (Å²) >= 11 is 0. The highest BCUT2D eigenvalue weighted by atomic mass is 14.7. The first-order valence-corrected chi connectivity index (χ1v) is 9.14. The molecule has 2 heteroatoms. The van der Waals surface area contributed by atoms with Crippen molar-refractivity contribution in [2.45, 2.75) is 0 Å². The Morgan fingerprint density at radius 2 is 1.07 bits per heavy atom. The molecular weight excluding hydrogens is 328 g/mol. The van der Waals surface area contributed by atoms with Gasteiger partial charge in [0.15, 0.2) is 0 Å². The molecule has 0 unspecified atom stereocenters. The average Bonchev–Trinajstić information content (AvgIpc) is 3.30. The molecule has 27 heavy (non-hydrogen) atoms. The van der Waals surface area contributed by atoms with Crippen molar-refractivity contribution >= 4 is 55.5 Å². The standard InChI is InChI=1S/C25H16N2/c1-3-18-5-6-19-4-2-17-12-21-8-10-23(27-21)15-22-9-7-20(26-22)11-16(1)13-24(18)25(19)14-17/h1-15,26H. The van der Waals surface area contributed by atoms with Crippen molar-refractivity contribution in [2.75, 3.05) is 0 Å². The van der Waals surface area contributed by atoms with Gasteiger partial charge in [-0.1, -0.05) is 36.4 Å². The first kappa shape index (κ1) is 14.5. The summed E-state index contributed by atoms with van der Waals surface area (Å²) in [6.45, 7) is 0. The lowest BCUT2D eigenvalue weighted by Crippen LogP contribution is -1.79. The molecule has 0 atom stereocenters. The average molecular weight is 344 g/mol. The number of benzene rings is 3. The summed E-state index contributed by atoms with van der Waals surface area (Å²) in [5.41, 5.74) is 4.10. The molecule has 0 saturated carbocycles. The highest BCUT2D eigenvalue weighted by Crippen LogP contribution is 2.28. The second kappa shape index (κ2) is 5.42. The summed E-state index contributed by atoms with van der Waals surface area (Å²) in [6.07, 6.45) is 4.13. The van der Waals surface area contributed by atoms with Crippen LogP contribution >= 0.6 is 0 Å². The molecule has 6 rings (SSSR count). The fraction of sp³-hybridized carbons (Fsp3) is 0. The van der Waals surface area contributed by atoms with Crippen LogP contribution in [0.3, 0.4) is 0 Å². The number of aromatic nitrogens is 2. The Balaban J connectivity index is 1.84. The number of fused-ring (bicyclic) bond motifs is 6. The number of H-pyrrole nitrogens is 1. The Morgan fingerprint density at radius 3 is 1.78 bits per heavy atom. The number of nitrogens with zero attached hydrogens (tertiary/aromatic N) is 1. The van der Waals surface area contributed by atoms with Crippen LogP contribution in [0, 0.1) is 0 Å². The normalized spacial score (nSPS) is 12.3. The molecule has 0 amide bonds. The Kier molecular flexibility index (Phi) is 2.91. The van der Waals surface area contributed by atoms with Crippen molar-refractivity contribution in [2.24, 2.45) is 0 Å². The van der Waals surface area contributed by atoms with Crippen molar-refractivity contribution in [3.8, 4) is 0 Å². The lowest BCUT2D eigenvalue weighted by atomic mass is 9.99. The van der Waals surface area contributed by atoms with E-state index < -0.39 is 0 Å². The maximum Gasteiger partial charge on any atom is 0.0658 e. The molecule has 3 aromatic carbocycles. The van der Waals surface area contributed by atoms with E-state index in [4.69, 9.17) is 4.98 Å². The summed E-state index contributed by atoms with van der Waals surface area (Å²) in [5.74, 6) is 0. The summed E-state index contributed by atoms with van der Waals surface area (Å²) in [4.78, 5) is 8.19. The van der Waals surface area contributed by atoms with Crippen molar-refractivity contribution in [3.05, 3.63) is 90.3 Å². The minimum absolute atomic E-state index is 0.966. The molecule has 8 bridgehead atoms. The molecular formula is C25H16N2. The van der Waals surface area contributed by atoms with Gasteiger partial charge < -0.3 is 4.98 Å². The second-order valence-electron chi connectivity index (χ2n) is 7.12. The lowest BCUT2D eigenvalue weighted by Gasteiger charge is -2.05. The third-order valence-corrected chi connectivity index (χ3v) is 5.24. The van der Waals surface area contributed by atoms with Crippen LogP contribution < -0.4 is 0 Å². The maximum atomic E-state index is 4.73.